The van der Waals surface area contributed by atoms with Crippen molar-refractivity contribution in [3.05, 3.63) is 88.7 Å². The molecule has 4 rings (SSSR count). The summed E-state index contributed by atoms with van der Waals surface area (Å²) in [5, 5.41) is 3.32. The van der Waals surface area contributed by atoms with E-state index in [0.717, 1.165) is 24.1 Å². The lowest BCUT2D eigenvalue weighted by molar-refractivity contribution is 0.0980. The molecule has 0 atom stereocenters. The lowest BCUT2D eigenvalue weighted by Crippen LogP contribution is -2.36. The number of carbonyl (C=O) groups excluding carboxylic acids is 2. The van der Waals surface area contributed by atoms with Crippen LogP contribution in [0.25, 0.3) is 0 Å². The number of carbonyl (C=O) groups is 2. The summed E-state index contributed by atoms with van der Waals surface area (Å²) >= 11 is 5.96. The summed E-state index contributed by atoms with van der Waals surface area (Å²) in [6.45, 7) is 0.635. The molecule has 28 heavy (non-hydrogen) atoms. The second-order valence-electron chi connectivity index (χ2n) is 6.58. The van der Waals surface area contributed by atoms with Gasteiger partial charge in [0.1, 0.15) is 5.69 Å². The third kappa shape index (κ3) is 3.75. The second-order valence-corrected chi connectivity index (χ2v) is 7.02. The lowest BCUT2D eigenvalue weighted by Gasteiger charge is -2.29. The number of aryl methyl sites for hydroxylation is 1. The number of rotatable bonds is 3. The number of halogens is 1. The molecule has 6 heteroatoms. The Labute approximate surface area is 168 Å². The van der Waals surface area contributed by atoms with Crippen LogP contribution in [0.2, 0.25) is 5.02 Å². The number of pyridine rings is 1. The average Bonchev–Trinajstić information content (AvgIpc) is 2.73. The Morgan fingerprint density at radius 3 is 2.75 bits per heavy atom. The Kier molecular flexibility index (Phi) is 5.08. The molecule has 1 aliphatic heterocycles. The zero-order valence-electron chi connectivity index (χ0n) is 15.1. The van der Waals surface area contributed by atoms with Crippen molar-refractivity contribution >= 4 is 34.8 Å². The van der Waals surface area contributed by atoms with Crippen LogP contribution >= 0.6 is 11.6 Å². The Morgan fingerprint density at radius 2 is 1.89 bits per heavy atom. The summed E-state index contributed by atoms with van der Waals surface area (Å²) in [5.41, 5.74) is 3.26. The maximum Gasteiger partial charge on any atom is 0.276 e. The van der Waals surface area contributed by atoms with Crippen molar-refractivity contribution in [1.29, 1.82) is 0 Å². The van der Waals surface area contributed by atoms with Crippen molar-refractivity contribution in [2.45, 2.75) is 12.8 Å². The van der Waals surface area contributed by atoms with Gasteiger partial charge < -0.3 is 10.2 Å². The van der Waals surface area contributed by atoms with E-state index in [1.165, 1.54) is 12.3 Å². The molecule has 3 aromatic rings. The van der Waals surface area contributed by atoms with Gasteiger partial charge in [-0.3, -0.25) is 14.6 Å². The van der Waals surface area contributed by atoms with Crippen molar-refractivity contribution in [3.8, 4) is 0 Å². The Bertz CT molecular complexity index is 1050. The maximum absolute atomic E-state index is 13.1. The number of anilines is 2. The van der Waals surface area contributed by atoms with Crippen LogP contribution in [0.4, 0.5) is 11.4 Å². The Morgan fingerprint density at radius 1 is 1.04 bits per heavy atom. The Balaban J connectivity index is 1.57. The molecule has 140 valence electrons. The fourth-order valence-electron chi connectivity index (χ4n) is 3.34. The quantitative estimate of drug-likeness (QED) is 0.710. The van der Waals surface area contributed by atoms with Gasteiger partial charge in [0.2, 0.25) is 0 Å². The minimum Gasteiger partial charge on any atom is -0.322 e. The fourth-order valence-corrected chi connectivity index (χ4v) is 3.53. The molecule has 5 nitrogen and oxygen atoms in total. The molecular formula is C22H18ClN3O2. The second kappa shape index (κ2) is 7.82. The van der Waals surface area contributed by atoms with Crippen LogP contribution in [0.1, 0.15) is 32.8 Å². The largest absolute Gasteiger partial charge is 0.322 e. The molecule has 2 heterocycles. The van der Waals surface area contributed by atoms with Gasteiger partial charge in [-0.2, -0.15) is 0 Å². The molecule has 0 saturated heterocycles. The van der Waals surface area contributed by atoms with E-state index in [2.05, 4.69) is 10.3 Å². The summed E-state index contributed by atoms with van der Waals surface area (Å²) in [6, 6.07) is 17.9. The highest BCUT2D eigenvalue weighted by Gasteiger charge is 2.24. The number of nitrogens with zero attached hydrogens (tertiary/aromatic N) is 2. The van der Waals surface area contributed by atoms with E-state index in [1.54, 1.807) is 35.2 Å². The molecule has 2 aromatic carbocycles. The third-order valence-electron chi connectivity index (χ3n) is 4.68. The molecule has 0 fully saturated rings. The summed E-state index contributed by atoms with van der Waals surface area (Å²) < 4.78 is 0. The van der Waals surface area contributed by atoms with Crippen LogP contribution in [-0.4, -0.2) is 23.3 Å². The number of fused-ring (bicyclic) bond motifs is 1. The summed E-state index contributed by atoms with van der Waals surface area (Å²) in [5.74, 6) is -0.526. The van der Waals surface area contributed by atoms with Crippen LogP contribution in [0.15, 0.2) is 66.9 Å². The predicted octanol–water partition coefficient (Wildman–Crippen LogP) is 4.58. The van der Waals surface area contributed by atoms with E-state index in [9.17, 15) is 9.59 Å². The first kappa shape index (κ1) is 18.2. The van der Waals surface area contributed by atoms with Gasteiger partial charge in [-0.25, -0.2) is 0 Å². The number of aromatic nitrogens is 1. The molecule has 0 bridgehead atoms. The van der Waals surface area contributed by atoms with Crippen molar-refractivity contribution in [2.24, 2.45) is 0 Å². The molecule has 1 N–H and O–H groups in total. The number of hydrogen-bond acceptors (Lipinski definition) is 3. The average molecular weight is 392 g/mol. The van der Waals surface area contributed by atoms with E-state index >= 15 is 0 Å². The van der Waals surface area contributed by atoms with Gasteiger partial charge >= 0.3 is 0 Å². The Hall–Kier alpha value is -3.18. The van der Waals surface area contributed by atoms with E-state index in [-0.39, 0.29) is 17.5 Å². The van der Waals surface area contributed by atoms with E-state index in [4.69, 9.17) is 11.6 Å². The normalized spacial score (nSPS) is 13.0. The van der Waals surface area contributed by atoms with E-state index < -0.39 is 0 Å². The van der Waals surface area contributed by atoms with Gasteiger partial charge in [0.05, 0.1) is 0 Å². The summed E-state index contributed by atoms with van der Waals surface area (Å²) in [6.07, 6.45) is 3.34. The first-order valence-electron chi connectivity index (χ1n) is 9.04. The van der Waals surface area contributed by atoms with Crippen molar-refractivity contribution in [3.63, 3.8) is 0 Å². The number of para-hydroxylation sites is 1. The molecular weight excluding hydrogens is 374 g/mol. The number of amides is 2. The fraction of sp³-hybridized carbons (Fsp3) is 0.136. The predicted molar refractivity (Wildman–Crippen MR) is 110 cm³/mol. The smallest absolute Gasteiger partial charge is 0.276 e. The molecule has 0 radical (unpaired) electrons. The number of benzene rings is 2. The first-order chi connectivity index (χ1) is 13.6. The summed E-state index contributed by atoms with van der Waals surface area (Å²) in [4.78, 5) is 31.6. The first-order valence-corrected chi connectivity index (χ1v) is 9.42. The standard InChI is InChI=1S/C22H18ClN3O2/c23-17-7-3-8-18(14-17)25-21(27)16-10-11-24-19(13-16)22(28)26-12-4-6-15-5-1-2-9-20(15)26/h1-3,5,7-11,13-14H,4,6,12H2,(H,25,27). The minimum atomic E-state index is -0.322. The van der Waals surface area contributed by atoms with E-state index in [0.29, 0.717) is 22.8 Å². The van der Waals surface area contributed by atoms with Crippen molar-refractivity contribution in [2.75, 3.05) is 16.8 Å². The maximum atomic E-state index is 13.1. The van der Waals surface area contributed by atoms with Gasteiger partial charge in [-0.15, -0.1) is 0 Å². The van der Waals surface area contributed by atoms with Gasteiger partial charge in [0, 0.05) is 34.7 Å². The van der Waals surface area contributed by atoms with Crippen LogP contribution in [0.3, 0.4) is 0 Å². The molecule has 0 unspecified atom stereocenters. The van der Waals surface area contributed by atoms with Gasteiger partial charge in [-0.1, -0.05) is 35.9 Å². The van der Waals surface area contributed by atoms with Gasteiger partial charge in [-0.05, 0) is 54.8 Å². The highest BCUT2D eigenvalue weighted by Crippen LogP contribution is 2.28. The highest BCUT2D eigenvalue weighted by molar-refractivity contribution is 6.31. The molecule has 2 amide bonds. The minimum absolute atomic E-state index is 0.204. The monoisotopic (exact) mass is 391 g/mol. The highest BCUT2D eigenvalue weighted by atomic mass is 35.5. The molecule has 1 aromatic heterocycles. The zero-order valence-corrected chi connectivity index (χ0v) is 15.8. The number of nitrogens with one attached hydrogen (secondary N) is 1. The molecule has 0 saturated carbocycles. The van der Waals surface area contributed by atoms with Crippen molar-refractivity contribution in [1.82, 2.24) is 4.98 Å². The number of hydrogen-bond donors (Lipinski definition) is 1. The SMILES string of the molecule is O=C(Nc1cccc(Cl)c1)c1ccnc(C(=O)N2CCCc3ccccc32)c1. The molecule has 0 aliphatic carbocycles. The van der Waals surface area contributed by atoms with Gasteiger partial charge in [0.25, 0.3) is 11.8 Å². The molecule has 0 spiro atoms. The summed E-state index contributed by atoms with van der Waals surface area (Å²) in [7, 11) is 0. The van der Waals surface area contributed by atoms with E-state index in [1.807, 2.05) is 24.3 Å². The topological polar surface area (TPSA) is 62.3 Å². The lowest BCUT2D eigenvalue weighted by atomic mass is 10.0. The van der Waals surface area contributed by atoms with Crippen LogP contribution in [0.5, 0.6) is 0 Å². The van der Waals surface area contributed by atoms with Crippen LogP contribution in [-0.2, 0) is 6.42 Å². The third-order valence-corrected chi connectivity index (χ3v) is 4.91. The van der Waals surface area contributed by atoms with Crippen LogP contribution in [0, 0.1) is 0 Å². The van der Waals surface area contributed by atoms with Crippen molar-refractivity contribution < 1.29 is 9.59 Å². The molecule has 1 aliphatic rings. The van der Waals surface area contributed by atoms with Gasteiger partial charge in [0.15, 0.2) is 0 Å². The van der Waals surface area contributed by atoms with Crippen LogP contribution < -0.4 is 10.2 Å². The zero-order chi connectivity index (χ0) is 19.5.